The zero-order valence-corrected chi connectivity index (χ0v) is 36.0. The van der Waals surface area contributed by atoms with E-state index in [4.69, 9.17) is 24.9 Å². The van der Waals surface area contributed by atoms with Crippen LogP contribution in [0.4, 0.5) is 0 Å². The van der Waals surface area contributed by atoms with Crippen molar-refractivity contribution < 1.29 is 0 Å². The molecule has 0 N–H and O–H groups in total. The number of rotatable bonds is 7. The van der Waals surface area contributed by atoms with E-state index in [1.807, 2.05) is 84.1 Å². The van der Waals surface area contributed by atoms with Crippen molar-refractivity contribution in [3.8, 4) is 90.3 Å². The van der Waals surface area contributed by atoms with Gasteiger partial charge in [-0.15, -0.1) is 11.3 Å². The van der Waals surface area contributed by atoms with Crippen LogP contribution in [0.1, 0.15) is 25.0 Å². The lowest BCUT2D eigenvalue weighted by Crippen LogP contribution is -2.15. The number of fused-ring (bicyclic) bond motifs is 6. The molecule has 0 radical (unpaired) electrons. The predicted molar refractivity (Wildman–Crippen MR) is 264 cm³/mol. The quantitative estimate of drug-likeness (QED) is 0.160. The summed E-state index contributed by atoms with van der Waals surface area (Å²) in [5.41, 5.74) is 15.1. The van der Waals surface area contributed by atoms with Crippen LogP contribution in [0.3, 0.4) is 0 Å². The zero-order chi connectivity index (χ0) is 42.8. The lowest BCUT2D eigenvalue weighted by Gasteiger charge is -2.22. The van der Waals surface area contributed by atoms with Gasteiger partial charge < -0.3 is 0 Å². The van der Waals surface area contributed by atoms with Gasteiger partial charge in [0.15, 0.2) is 23.3 Å². The first-order valence-corrected chi connectivity index (χ1v) is 22.4. The molecule has 1 aliphatic carbocycles. The van der Waals surface area contributed by atoms with E-state index in [-0.39, 0.29) is 5.41 Å². The number of nitrogens with zero attached hydrogens (tertiary/aromatic N) is 5. The second-order valence-corrected chi connectivity index (χ2v) is 17.9. The van der Waals surface area contributed by atoms with Crippen molar-refractivity contribution in [1.29, 1.82) is 0 Å². The molecule has 0 unspecified atom stereocenters. The SMILES string of the molecule is CC1(C)c2cc(-c3nc(-c4ccccc4)cc(-c4ccccc4)n3)ccc2-c2ccc(-c3cccc4c3sc3ccc(-c5nc(-c6ccccc6)nc(-c6ccccc6)n5)cc34)cc21. The van der Waals surface area contributed by atoms with Gasteiger partial charge in [0.25, 0.3) is 0 Å². The molecule has 8 aromatic carbocycles. The van der Waals surface area contributed by atoms with Crippen LogP contribution in [-0.2, 0) is 5.41 Å². The summed E-state index contributed by atoms with van der Waals surface area (Å²) in [5.74, 6) is 2.69. The molecular formula is C58H39N5S. The van der Waals surface area contributed by atoms with Gasteiger partial charge in [-0.05, 0) is 69.8 Å². The van der Waals surface area contributed by atoms with Crippen molar-refractivity contribution in [2.75, 3.05) is 0 Å². The van der Waals surface area contributed by atoms with E-state index < -0.39 is 0 Å². The topological polar surface area (TPSA) is 64.5 Å². The molecule has 0 spiro atoms. The molecule has 0 fully saturated rings. The first-order chi connectivity index (χ1) is 31.4. The molecule has 0 saturated heterocycles. The third kappa shape index (κ3) is 6.50. The Balaban J connectivity index is 0.920. The van der Waals surface area contributed by atoms with E-state index in [1.54, 1.807) is 0 Å². The van der Waals surface area contributed by atoms with E-state index in [1.165, 1.54) is 53.6 Å². The van der Waals surface area contributed by atoms with Gasteiger partial charge in [-0.3, -0.25) is 0 Å². The Bertz CT molecular complexity index is 3450. The molecule has 6 heteroatoms. The highest BCUT2D eigenvalue weighted by atomic mass is 32.1. The van der Waals surface area contributed by atoms with Crippen LogP contribution >= 0.6 is 11.3 Å². The molecule has 3 aromatic heterocycles. The normalized spacial score (nSPS) is 12.7. The molecule has 302 valence electrons. The molecule has 0 bridgehead atoms. The molecule has 3 heterocycles. The Morgan fingerprint density at radius 3 is 1.34 bits per heavy atom. The van der Waals surface area contributed by atoms with E-state index in [0.717, 1.165) is 50.6 Å². The van der Waals surface area contributed by atoms with E-state index >= 15 is 0 Å². The summed E-state index contributed by atoms with van der Waals surface area (Å²) in [6.45, 7) is 4.69. The first-order valence-electron chi connectivity index (χ1n) is 21.6. The highest BCUT2D eigenvalue weighted by Crippen LogP contribution is 2.51. The van der Waals surface area contributed by atoms with Crippen LogP contribution in [0.25, 0.3) is 110 Å². The van der Waals surface area contributed by atoms with Crippen LogP contribution in [0.5, 0.6) is 0 Å². The average Bonchev–Trinajstić information content (AvgIpc) is 3.85. The standard InChI is InChI=1S/C58H39N5S/c1-58(2)48-33-40(26-29-44(48)45-30-27-42(34-49(45)58)56-59-50(36-16-7-3-8-17-36)35-51(60-56)37-18-9-4-10-19-37)43-24-15-25-46-47-32-41(28-31-52(47)64-53(43)46)57-62-54(38-20-11-5-12-21-38)61-55(63-57)39-22-13-6-14-23-39/h3-35H,1-2H3. The number of thiophene rings is 1. The Kier molecular flexibility index (Phi) is 8.95. The molecule has 64 heavy (non-hydrogen) atoms. The molecule has 1 aliphatic rings. The highest BCUT2D eigenvalue weighted by molar-refractivity contribution is 7.26. The van der Waals surface area contributed by atoms with Gasteiger partial charge in [0.1, 0.15) is 0 Å². The maximum Gasteiger partial charge on any atom is 0.164 e. The molecule has 0 aliphatic heterocycles. The van der Waals surface area contributed by atoms with Crippen molar-refractivity contribution in [3.63, 3.8) is 0 Å². The maximum absolute atomic E-state index is 5.16. The van der Waals surface area contributed by atoms with Gasteiger partial charge in [0, 0.05) is 59.0 Å². The molecule has 11 aromatic rings. The Morgan fingerprint density at radius 2 is 0.781 bits per heavy atom. The summed E-state index contributed by atoms with van der Waals surface area (Å²) in [5, 5.41) is 2.41. The Hall–Kier alpha value is -7.93. The zero-order valence-electron chi connectivity index (χ0n) is 35.2. The van der Waals surface area contributed by atoms with Crippen molar-refractivity contribution in [2.45, 2.75) is 19.3 Å². The van der Waals surface area contributed by atoms with Gasteiger partial charge in [-0.1, -0.05) is 178 Å². The average molecular weight is 838 g/mol. The summed E-state index contributed by atoms with van der Waals surface area (Å²) in [6.07, 6.45) is 0. The van der Waals surface area contributed by atoms with Crippen LogP contribution in [0.2, 0.25) is 0 Å². The van der Waals surface area contributed by atoms with E-state index in [0.29, 0.717) is 17.5 Å². The molecule has 0 amide bonds. The Labute approximate surface area is 375 Å². The number of aromatic nitrogens is 5. The van der Waals surface area contributed by atoms with Crippen molar-refractivity contribution in [1.82, 2.24) is 24.9 Å². The highest BCUT2D eigenvalue weighted by Gasteiger charge is 2.36. The smallest absolute Gasteiger partial charge is 0.164 e. The summed E-state index contributed by atoms with van der Waals surface area (Å²) in [6, 6.07) is 70.2. The van der Waals surface area contributed by atoms with Gasteiger partial charge in [-0.2, -0.15) is 0 Å². The van der Waals surface area contributed by atoms with Crippen molar-refractivity contribution in [3.05, 3.63) is 211 Å². The van der Waals surface area contributed by atoms with Gasteiger partial charge in [-0.25, -0.2) is 24.9 Å². The summed E-state index contributed by atoms with van der Waals surface area (Å²) < 4.78 is 2.49. The van der Waals surface area contributed by atoms with Crippen molar-refractivity contribution in [2.24, 2.45) is 0 Å². The van der Waals surface area contributed by atoms with Gasteiger partial charge in [0.05, 0.1) is 11.4 Å². The minimum Gasteiger partial charge on any atom is -0.228 e. The monoisotopic (exact) mass is 837 g/mol. The maximum atomic E-state index is 5.16. The second-order valence-electron chi connectivity index (χ2n) is 16.9. The predicted octanol–water partition coefficient (Wildman–Crippen LogP) is 15.0. The van der Waals surface area contributed by atoms with Gasteiger partial charge >= 0.3 is 0 Å². The van der Waals surface area contributed by atoms with Gasteiger partial charge in [0.2, 0.25) is 0 Å². The first kappa shape index (κ1) is 37.8. The number of hydrogen-bond donors (Lipinski definition) is 0. The van der Waals surface area contributed by atoms with Crippen molar-refractivity contribution >= 4 is 31.5 Å². The minimum atomic E-state index is -0.249. The molecule has 5 nitrogen and oxygen atoms in total. The van der Waals surface area contributed by atoms with Crippen LogP contribution < -0.4 is 0 Å². The van der Waals surface area contributed by atoms with Crippen LogP contribution in [0.15, 0.2) is 200 Å². The third-order valence-corrected chi connectivity index (χ3v) is 13.8. The fourth-order valence-electron chi connectivity index (χ4n) is 9.24. The minimum absolute atomic E-state index is 0.249. The molecule has 12 rings (SSSR count). The Morgan fingerprint density at radius 1 is 0.328 bits per heavy atom. The lowest BCUT2D eigenvalue weighted by atomic mass is 9.81. The summed E-state index contributed by atoms with van der Waals surface area (Å²) >= 11 is 1.84. The fraction of sp³-hybridized carbons (Fsp3) is 0.0517. The lowest BCUT2D eigenvalue weighted by molar-refractivity contribution is 0.661. The summed E-state index contributed by atoms with van der Waals surface area (Å²) in [4.78, 5) is 25.3. The second kappa shape index (κ2) is 15.2. The van der Waals surface area contributed by atoms with Crippen LogP contribution in [-0.4, -0.2) is 24.9 Å². The van der Waals surface area contributed by atoms with Crippen LogP contribution in [0, 0.1) is 0 Å². The number of benzene rings is 8. The van der Waals surface area contributed by atoms with E-state index in [2.05, 4.69) is 141 Å². The third-order valence-electron chi connectivity index (χ3n) is 12.6. The van der Waals surface area contributed by atoms with E-state index in [9.17, 15) is 0 Å². The number of hydrogen-bond acceptors (Lipinski definition) is 6. The largest absolute Gasteiger partial charge is 0.228 e. The molecule has 0 atom stereocenters. The molecule has 0 saturated carbocycles. The summed E-state index contributed by atoms with van der Waals surface area (Å²) in [7, 11) is 0. The fourth-order valence-corrected chi connectivity index (χ4v) is 10.5. The molecular weight excluding hydrogens is 799 g/mol.